The Bertz CT molecular complexity index is 953. The molecule has 0 N–H and O–H groups in total. The number of nitrogens with zero attached hydrogens (tertiary/aromatic N) is 4. The molecule has 1 unspecified atom stereocenters. The molecule has 27 heavy (non-hydrogen) atoms. The van der Waals surface area contributed by atoms with Crippen molar-refractivity contribution < 1.29 is 13.2 Å². The molecular formula is C19H24N4O3S. The number of anilines is 1. The number of rotatable bonds is 3. The van der Waals surface area contributed by atoms with Crippen LogP contribution in [0.15, 0.2) is 36.7 Å². The van der Waals surface area contributed by atoms with Crippen molar-refractivity contribution in [2.75, 3.05) is 36.0 Å². The number of fused-ring (bicyclic) bond motifs is 1. The van der Waals surface area contributed by atoms with Gasteiger partial charge in [-0.15, -0.1) is 0 Å². The van der Waals surface area contributed by atoms with Gasteiger partial charge in [0, 0.05) is 37.6 Å². The molecule has 1 amide bonds. The van der Waals surface area contributed by atoms with Crippen LogP contribution >= 0.6 is 0 Å². The molecule has 1 atom stereocenters. The van der Waals surface area contributed by atoms with Gasteiger partial charge in [0.2, 0.25) is 5.91 Å². The van der Waals surface area contributed by atoms with E-state index < -0.39 is 9.84 Å². The van der Waals surface area contributed by atoms with E-state index in [1.165, 1.54) is 5.56 Å². The standard InChI is InChI=1S/C19H24N4O3S/c1-21-12-16(11-20-21)18-14-27(25,26)10-9-22(18)13-19(24)23-8-4-6-15-5-2-3-7-17(15)23/h2-3,5,7,11-12,18H,4,6,8-10,13-14H2,1H3. The molecule has 2 aromatic rings. The Morgan fingerprint density at radius 2 is 2.07 bits per heavy atom. The fourth-order valence-corrected chi connectivity index (χ4v) is 5.57. The van der Waals surface area contributed by atoms with E-state index in [2.05, 4.69) is 11.2 Å². The highest BCUT2D eigenvalue weighted by Gasteiger charge is 2.35. The molecule has 1 aromatic heterocycles. The van der Waals surface area contributed by atoms with Crippen molar-refractivity contribution >= 4 is 21.4 Å². The topological polar surface area (TPSA) is 75.5 Å². The first-order chi connectivity index (χ1) is 12.9. The van der Waals surface area contributed by atoms with Crippen LogP contribution in [0.1, 0.15) is 23.6 Å². The molecule has 0 aliphatic carbocycles. The second-order valence-electron chi connectivity index (χ2n) is 7.33. The van der Waals surface area contributed by atoms with Crippen molar-refractivity contribution in [3.8, 4) is 0 Å². The highest BCUT2D eigenvalue weighted by atomic mass is 32.2. The minimum absolute atomic E-state index is 0.0235. The lowest BCUT2D eigenvalue weighted by atomic mass is 10.0. The molecule has 1 saturated heterocycles. The van der Waals surface area contributed by atoms with Crippen molar-refractivity contribution in [3.05, 3.63) is 47.8 Å². The number of benzene rings is 1. The Morgan fingerprint density at radius 1 is 1.26 bits per heavy atom. The zero-order chi connectivity index (χ0) is 19.0. The van der Waals surface area contributed by atoms with Crippen molar-refractivity contribution in [2.45, 2.75) is 18.9 Å². The molecule has 4 rings (SSSR count). The number of carbonyl (C=O) groups excluding carboxylic acids is 1. The van der Waals surface area contributed by atoms with Gasteiger partial charge in [0.1, 0.15) is 0 Å². The summed E-state index contributed by atoms with van der Waals surface area (Å²) in [6, 6.07) is 7.69. The summed E-state index contributed by atoms with van der Waals surface area (Å²) < 4.78 is 26.0. The first-order valence-electron chi connectivity index (χ1n) is 9.24. The summed E-state index contributed by atoms with van der Waals surface area (Å²) in [5, 5.41) is 4.17. The highest BCUT2D eigenvalue weighted by molar-refractivity contribution is 7.91. The highest BCUT2D eigenvalue weighted by Crippen LogP contribution is 2.29. The predicted octanol–water partition coefficient (Wildman–Crippen LogP) is 1.17. The maximum atomic E-state index is 13.1. The molecule has 8 heteroatoms. The van der Waals surface area contributed by atoms with Gasteiger partial charge in [-0.05, 0) is 24.5 Å². The fourth-order valence-electron chi connectivity index (χ4n) is 4.00. The van der Waals surface area contributed by atoms with E-state index in [0.717, 1.165) is 24.1 Å². The Balaban J connectivity index is 1.56. The summed E-state index contributed by atoms with van der Waals surface area (Å²) >= 11 is 0. The van der Waals surface area contributed by atoms with Gasteiger partial charge in [-0.1, -0.05) is 18.2 Å². The van der Waals surface area contributed by atoms with Crippen LogP contribution in [0.4, 0.5) is 5.69 Å². The van der Waals surface area contributed by atoms with Crippen molar-refractivity contribution in [1.29, 1.82) is 0 Å². The van der Waals surface area contributed by atoms with Crippen LogP contribution in [0.2, 0.25) is 0 Å². The number of amides is 1. The van der Waals surface area contributed by atoms with Crippen LogP contribution in [-0.4, -0.2) is 60.1 Å². The summed E-state index contributed by atoms with van der Waals surface area (Å²) in [6.45, 7) is 1.28. The van der Waals surface area contributed by atoms with E-state index in [1.54, 1.807) is 17.9 Å². The number of sulfone groups is 1. The zero-order valence-electron chi connectivity index (χ0n) is 15.4. The summed E-state index contributed by atoms with van der Waals surface area (Å²) in [7, 11) is -1.31. The van der Waals surface area contributed by atoms with E-state index in [4.69, 9.17) is 0 Å². The lowest BCUT2D eigenvalue weighted by Crippen LogP contribution is -2.49. The molecular weight excluding hydrogens is 364 g/mol. The van der Waals surface area contributed by atoms with E-state index >= 15 is 0 Å². The number of aryl methyl sites for hydroxylation is 2. The molecule has 144 valence electrons. The second-order valence-corrected chi connectivity index (χ2v) is 9.55. The summed E-state index contributed by atoms with van der Waals surface area (Å²) in [4.78, 5) is 16.9. The van der Waals surface area contributed by atoms with E-state index in [0.29, 0.717) is 13.1 Å². The number of hydrogen-bond donors (Lipinski definition) is 0. The maximum Gasteiger partial charge on any atom is 0.241 e. The normalized spacial score (nSPS) is 22.4. The first-order valence-corrected chi connectivity index (χ1v) is 11.1. The Morgan fingerprint density at radius 3 is 2.85 bits per heavy atom. The molecule has 1 aromatic carbocycles. The third-order valence-electron chi connectivity index (χ3n) is 5.40. The van der Waals surface area contributed by atoms with E-state index in [9.17, 15) is 13.2 Å². The van der Waals surface area contributed by atoms with Crippen LogP contribution in [0.3, 0.4) is 0 Å². The third-order valence-corrected chi connectivity index (χ3v) is 7.03. The SMILES string of the molecule is Cn1cc(C2CS(=O)(=O)CCN2CC(=O)N2CCCc3ccccc32)cn1. The van der Waals surface area contributed by atoms with Crippen LogP contribution in [0, 0.1) is 0 Å². The van der Waals surface area contributed by atoms with Gasteiger partial charge < -0.3 is 4.90 Å². The third kappa shape index (κ3) is 3.77. The quantitative estimate of drug-likeness (QED) is 0.789. The van der Waals surface area contributed by atoms with Gasteiger partial charge in [0.15, 0.2) is 9.84 Å². The fraction of sp³-hybridized carbons (Fsp3) is 0.474. The second kappa shape index (κ2) is 7.09. The van der Waals surface area contributed by atoms with Crippen molar-refractivity contribution in [2.24, 2.45) is 7.05 Å². The lowest BCUT2D eigenvalue weighted by molar-refractivity contribution is -0.120. The van der Waals surface area contributed by atoms with Gasteiger partial charge in [-0.3, -0.25) is 14.4 Å². The molecule has 0 saturated carbocycles. The smallest absolute Gasteiger partial charge is 0.241 e. The van der Waals surface area contributed by atoms with Gasteiger partial charge in [-0.25, -0.2) is 8.42 Å². The summed E-state index contributed by atoms with van der Waals surface area (Å²) in [5.41, 5.74) is 3.02. The minimum atomic E-state index is -3.12. The van der Waals surface area contributed by atoms with E-state index in [-0.39, 0.29) is 30.0 Å². The van der Waals surface area contributed by atoms with Gasteiger partial charge in [0.05, 0.1) is 30.3 Å². The Kier molecular flexibility index (Phi) is 4.77. The molecule has 2 aliphatic heterocycles. The monoisotopic (exact) mass is 388 g/mol. The zero-order valence-corrected chi connectivity index (χ0v) is 16.2. The molecule has 2 aliphatic rings. The van der Waals surface area contributed by atoms with Crippen LogP contribution < -0.4 is 4.90 Å². The summed E-state index contributed by atoms with van der Waals surface area (Å²) in [5.74, 6) is 0.145. The largest absolute Gasteiger partial charge is 0.311 e. The van der Waals surface area contributed by atoms with Gasteiger partial charge in [0.25, 0.3) is 0 Å². The van der Waals surface area contributed by atoms with Crippen molar-refractivity contribution in [3.63, 3.8) is 0 Å². The molecule has 7 nitrogen and oxygen atoms in total. The number of para-hydroxylation sites is 1. The maximum absolute atomic E-state index is 13.1. The minimum Gasteiger partial charge on any atom is -0.311 e. The molecule has 0 radical (unpaired) electrons. The van der Waals surface area contributed by atoms with Gasteiger partial charge >= 0.3 is 0 Å². The number of aromatic nitrogens is 2. The average molecular weight is 388 g/mol. The van der Waals surface area contributed by atoms with Crippen LogP contribution in [-0.2, 0) is 28.1 Å². The molecule has 1 fully saturated rings. The van der Waals surface area contributed by atoms with Crippen LogP contribution in [0.5, 0.6) is 0 Å². The number of carbonyl (C=O) groups is 1. The molecule has 0 spiro atoms. The first kappa shape index (κ1) is 18.2. The summed E-state index contributed by atoms with van der Waals surface area (Å²) in [6.07, 6.45) is 5.46. The molecule has 3 heterocycles. The predicted molar refractivity (Wildman–Crippen MR) is 103 cm³/mol. The van der Waals surface area contributed by atoms with Gasteiger partial charge in [-0.2, -0.15) is 5.10 Å². The Labute approximate surface area is 159 Å². The van der Waals surface area contributed by atoms with Crippen LogP contribution in [0.25, 0.3) is 0 Å². The molecule has 0 bridgehead atoms. The van der Waals surface area contributed by atoms with Crippen molar-refractivity contribution in [1.82, 2.24) is 14.7 Å². The number of hydrogen-bond acceptors (Lipinski definition) is 5. The Hall–Kier alpha value is -2.19. The lowest BCUT2D eigenvalue weighted by Gasteiger charge is -2.37. The average Bonchev–Trinajstić information content (AvgIpc) is 3.08. The van der Waals surface area contributed by atoms with E-state index in [1.807, 2.05) is 34.2 Å².